The first-order valence-corrected chi connectivity index (χ1v) is 5.14. The van der Waals surface area contributed by atoms with Gasteiger partial charge in [0, 0.05) is 12.7 Å². The molecule has 16 heavy (non-hydrogen) atoms. The Morgan fingerprint density at radius 1 is 1.44 bits per heavy atom. The third-order valence-electron chi connectivity index (χ3n) is 3.10. The molecule has 1 N–H and O–H groups in total. The van der Waals surface area contributed by atoms with E-state index in [2.05, 4.69) is 0 Å². The van der Waals surface area contributed by atoms with E-state index in [9.17, 15) is 14.3 Å². The summed E-state index contributed by atoms with van der Waals surface area (Å²) in [5.41, 5.74) is -0.286. The lowest BCUT2D eigenvalue weighted by atomic mass is 9.96. The van der Waals surface area contributed by atoms with Crippen LogP contribution in [0, 0.1) is 5.82 Å². The van der Waals surface area contributed by atoms with Crippen LogP contribution >= 0.6 is 0 Å². The predicted molar refractivity (Wildman–Crippen MR) is 61.1 cm³/mol. The number of carboxylic acid groups (broad SMARTS) is 1. The average molecular weight is 225 g/mol. The molecule has 1 aromatic carbocycles. The normalized spacial score (nSPS) is 14.2. The van der Waals surface area contributed by atoms with E-state index in [1.807, 2.05) is 6.92 Å². The van der Waals surface area contributed by atoms with Crippen molar-refractivity contribution in [2.24, 2.45) is 0 Å². The lowest BCUT2D eigenvalue weighted by Gasteiger charge is -2.36. The molecule has 1 rings (SSSR count). The minimum absolute atomic E-state index is 0.328. The second-order valence-electron chi connectivity index (χ2n) is 3.97. The quantitative estimate of drug-likeness (QED) is 0.856. The second-order valence-corrected chi connectivity index (χ2v) is 3.97. The molecule has 4 heteroatoms. The van der Waals surface area contributed by atoms with Crippen LogP contribution in [-0.4, -0.2) is 23.7 Å². The van der Waals surface area contributed by atoms with E-state index in [1.165, 1.54) is 12.1 Å². The van der Waals surface area contributed by atoms with E-state index in [1.54, 1.807) is 31.0 Å². The van der Waals surface area contributed by atoms with E-state index in [-0.39, 0.29) is 5.82 Å². The molecule has 0 radical (unpaired) electrons. The summed E-state index contributed by atoms with van der Waals surface area (Å²) in [6, 6.07) is 5.80. The number of nitrogens with zero attached hydrogens (tertiary/aromatic N) is 1. The molecule has 1 unspecified atom stereocenters. The van der Waals surface area contributed by atoms with Crippen molar-refractivity contribution in [3.05, 3.63) is 30.1 Å². The molecule has 0 amide bonds. The first-order chi connectivity index (χ1) is 7.41. The Kier molecular flexibility index (Phi) is 3.52. The average Bonchev–Trinajstić information content (AvgIpc) is 2.27. The number of aliphatic carboxylic acids is 1. The van der Waals surface area contributed by atoms with Crippen LogP contribution in [0.1, 0.15) is 20.3 Å². The van der Waals surface area contributed by atoms with Gasteiger partial charge in [-0.3, -0.25) is 0 Å². The number of hydrogen-bond donors (Lipinski definition) is 1. The van der Waals surface area contributed by atoms with Crippen LogP contribution in [0.3, 0.4) is 0 Å². The van der Waals surface area contributed by atoms with Crippen molar-refractivity contribution in [1.29, 1.82) is 0 Å². The van der Waals surface area contributed by atoms with Gasteiger partial charge < -0.3 is 10.0 Å². The molecule has 0 fully saturated rings. The largest absolute Gasteiger partial charge is 0.480 e. The molecule has 0 heterocycles. The molecule has 1 aromatic rings. The highest BCUT2D eigenvalue weighted by Crippen LogP contribution is 2.25. The van der Waals surface area contributed by atoms with Gasteiger partial charge in [0.25, 0.3) is 0 Å². The predicted octanol–water partition coefficient (Wildman–Crippen LogP) is 2.52. The van der Waals surface area contributed by atoms with Gasteiger partial charge >= 0.3 is 5.97 Å². The van der Waals surface area contributed by atoms with Crippen molar-refractivity contribution >= 4 is 11.7 Å². The molecule has 1 atom stereocenters. The summed E-state index contributed by atoms with van der Waals surface area (Å²) in [7, 11) is 1.70. The summed E-state index contributed by atoms with van der Waals surface area (Å²) in [6.07, 6.45) is 0.468. The van der Waals surface area contributed by atoms with Gasteiger partial charge in [-0.2, -0.15) is 0 Å². The van der Waals surface area contributed by atoms with E-state index >= 15 is 0 Å². The van der Waals surface area contributed by atoms with Gasteiger partial charge in [-0.25, -0.2) is 9.18 Å². The van der Waals surface area contributed by atoms with E-state index in [4.69, 9.17) is 0 Å². The molecule has 0 saturated heterocycles. The lowest BCUT2D eigenvalue weighted by molar-refractivity contribution is -0.142. The Hall–Kier alpha value is -1.58. The number of rotatable bonds is 4. The highest BCUT2D eigenvalue weighted by Gasteiger charge is 2.35. The van der Waals surface area contributed by atoms with Crippen LogP contribution in [0.25, 0.3) is 0 Å². The lowest BCUT2D eigenvalue weighted by Crippen LogP contribution is -2.50. The van der Waals surface area contributed by atoms with E-state index in [0.717, 1.165) is 0 Å². The molecule has 0 aliphatic heterocycles. The minimum Gasteiger partial charge on any atom is -0.480 e. The van der Waals surface area contributed by atoms with Crippen molar-refractivity contribution in [3.8, 4) is 0 Å². The van der Waals surface area contributed by atoms with Gasteiger partial charge in [-0.15, -0.1) is 0 Å². The summed E-state index contributed by atoms with van der Waals surface area (Å²) in [5.74, 6) is -1.22. The van der Waals surface area contributed by atoms with Crippen molar-refractivity contribution < 1.29 is 14.3 Å². The van der Waals surface area contributed by atoms with Crippen molar-refractivity contribution in [2.45, 2.75) is 25.8 Å². The molecular weight excluding hydrogens is 209 g/mol. The van der Waals surface area contributed by atoms with Gasteiger partial charge in [0.2, 0.25) is 0 Å². The van der Waals surface area contributed by atoms with Gasteiger partial charge in [0.1, 0.15) is 11.4 Å². The third kappa shape index (κ3) is 2.15. The zero-order valence-corrected chi connectivity index (χ0v) is 9.70. The smallest absolute Gasteiger partial charge is 0.329 e. The van der Waals surface area contributed by atoms with Gasteiger partial charge in [-0.1, -0.05) is 6.92 Å². The maximum atomic E-state index is 12.8. The molecule has 0 bridgehead atoms. The van der Waals surface area contributed by atoms with E-state index < -0.39 is 11.5 Å². The molecular formula is C12H16FNO2. The third-order valence-corrected chi connectivity index (χ3v) is 3.10. The molecule has 0 aliphatic rings. The number of anilines is 1. The van der Waals surface area contributed by atoms with Crippen LogP contribution in [0.2, 0.25) is 0 Å². The molecule has 0 aromatic heterocycles. The molecule has 0 saturated carbocycles. The summed E-state index contributed by atoms with van der Waals surface area (Å²) in [4.78, 5) is 12.9. The minimum atomic E-state index is -0.974. The fourth-order valence-corrected chi connectivity index (χ4v) is 1.48. The van der Waals surface area contributed by atoms with Crippen molar-refractivity contribution in [1.82, 2.24) is 0 Å². The molecule has 3 nitrogen and oxygen atoms in total. The summed E-state index contributed by atoms with van der Waals surface area (Å²) < 4.78 is 12.8. The molecule has 88 valence electrons. The number of benzene rings is 1. The highest BCUT2D eigenvalue weighted by molar-refractivity contribution is 5.82. The van der Waals surface area contributed by atoms with Crippen molar-refractivity contribution in [3.63, 3.8) is 0 Å². The zero-order valence-electron chi connectivity index (χ0n) is 9.70. The van der Waals surface area contributed by atoms with Crippen LogP contribution < -0.4 is 4.90 Å². The summed E-state index contributed by atoms with van der Waals surface area (Å²) >= 11 is 0. The van der Waals surface area contributed by atoms with Crippen LogP contribution in [-0.2, 0) is 4.79 Å². The molecule has 0 aliphatic carbocycles. The van der Waals surface area contributed by atoms with Gasteiger partial charge in [0.05, 0.1) is 0 Å². The second kappa shape index (κ2) is 4.51. The maximum Gasteiger partial charge on any atom is 0.329 e. The zero-order chi connectivity index (χ0) is 12.3. The van der Waals surface area contributed by atoms with Crippen molar-refractivity contribution in [2.75, 3.05) is 11.9 Å². The number of carbonyl (C=O) groups is 1. The molecule has 0 spiro atoms. The number of carboxylic acids is 1. The Balaban J connectivity index is 3.04. The monoisotopic (exact) mass is 225 g/mol. The van der Waals surface area contributed by atoms with Crippen LogP contribution in [0.5, 0.6) is 0 Å². The van der Waals surface area contributed by atoms with Crippen LogP contribution in [0.15, 0.2) is 24.3 Å². The number of halogens is 1. The number of likely N-dealkylation sites (N-methyl/N-ethyl adjacent to an activating group) is 1. The Morgan fingerprint density at radius 2 is 1.94 bits per heavy atom. The van der Waals surface area contributed by atoms with E-state index in [0.29, 0.717) is 12.1 Å². The fourth-order valence-electron chi connectivity index (χ4n) is 1.48. The summed E-state index contributed by atoms with van der Waals surface area (Å²) in [5, 5.41) is 9.20. The van der Waals surface area contributed by atoms with Crippen LogP contribution in [0.4, 0.5) is 10.1 Å². The maximum absolute atomic E-state index is 12.8. The standard InChI is InChI=1S/C12H16FNO2/c1-4-12(2,11(15)16)14(3)10-7-5-9(13)6-8-10/h5-8H,4H2,1-3H3,(H,15,16). The summed E-state index contributed by atoms with van der Waals surface area (Å²) in [6.45, 7) is 3.47. The Labute approximate surface area is 94.5 Å². The number of hydrogen-bond acceptors (Lipinski definition) is 2. The van der Waals surface area contributed by atoms with Gasteiger partial charge in [-0.05, 0) is 37.6 Å². The first kappa shape index (κ1) is 12.5. The fraction of sp³-hybridized carbons (Fsp3) is 0.417. The highest BCUT2D eigenvalue weighted by atomic mass is 19.1. The topological polar surface area (TPSA) is 40.5 Å². The first-order valence-electron chi connectivity index (χ1n) is 5.14. The Bertz CT molecular complexity index is 377. The van der Waals surface area contributed by atoms with Gasteiger partial charge in [0.15, 0.2) is 0 Å². The Morgan fingerprint density at radius 3 is 2.31 bits per heavy atom. The SMILES string of the molecule is CCC(C)(C(=O)O)N(C)c1ccc(F)cc1.